The van der Waals surface area contributed by atoms with Crippen LogP contribution in [0, 0.1) is 6.92 Å². The monoisotopic (exact) mass is 486 g/mol. The van der Waals surface area contributed by atoms with E-state index in [0.717, 1.165) is 54.5 Å². The fourth-order valence-corrected chi connectivity index (χ4v) is 4.07. The van der Waals surface area contributed by atoms with Crippen LogP contribution in [0.2, 0.25) is 0 Å². The van der Waals surface area contributed by atoms with Crippen LogP contribution in [0.3, 0.4) is 0 Å². The van der Waals surface area contributed by atoms with Crippen LogP contribution in [0.5, 0.6) is 0 Å². The third-order valence-electron chi connectivity index (χ3n) is 5.56. The van der Waals surface area contributed by atoms with Crippen LogP contribution in [-0.4, -0.2) is 56.6 Å². The van der Waals surface area contributed by atoms with Gasteiger partial charge in [0, 0.05) is 56.8 Å². The highest BCUT2D eigenvalue weighted by molar-refractivity contribution is 5.49. The SMILES string of the molecule is COCCCn1cc(NC(C)C)c(C(CCC(C)Nc2cc(C)on2)n2cc(NC(C)C)cn2)n1. The van der Waals surface area contributed by atoms with Crippen LogP contribution < -0.4 is 16.0 Å². The molecule has 0 aromatic carbocycles. The molecule has 3 aromatic rings. The van der Waals surface area contributed by atoms with Crippen molar-refractivity contribution >= 4 is 17.2 Å². The summed E-state index contributed by atoms with van der Waals surface area (Å²) >= 11 is 0. The number of hydrogen-bond donors (Lipinski definition) is 3. The van der Waals surface area contributed by atoms with Crippen molar-refractivity contribution in [3.8, 4) is 0 Å². The number of rotatable bonds is 15. The average Bonchev–Trinajstić information content (AvgIpc) is 3.49. The van der Waals surface area contributed by atoms with Crippen molar-refractivity contribution in [2.45, 2.75) is 91.5 Å². The van der Waals surface area contributed by atoms with Gasteiger partial charge in [0.1, 0.15) is 11.5 Å². The maximum Gasteiger partial charge on any atom is 0.169 e. The summed E-state index contributed by atoms with van der Waals surface area (Å²) in [5, 5.41) is 24.3. The molecule has 0 bridgehead atoms. The lowest BCUT2D eigenvalue weighted by Gasteiger charge is -2.21. The fourth-order valence-electron chi connectivity index (χ4n) is 4.07. The second-order valence-corrected chi connectivity index (χ2v) is 9.81. The van der Waals surface area contributed by atoms with E-state index in [1.54, 1.807) is 7.11 Å². The Morgan fingerprint density at radius 2 is 1.80 bits per heavy atom. The lowest BCUT2D eigenvalue weighted by Crippen LogP contribution is -2.21. The first kappa shape index (κ1) is 26.6. The van der Waals surface area contributed by atoms with Gasteiger partial charge in [-0.25, -0.2) is 0 Å². The van der Waals surface area contributed by atoms with E-state index in [4.69, 9.17) is 19.5 Å². The van der Waals surface area contributed by atoms with Gasteiger partial charge in [0.2, 0.25) is 0 Å². The standard InChI is InChI=1S/C25H42N8O2/c1-17(2)27-21-14-26-33(15-21)23(10-9-19(5)29-24-13-20(6)35-31-24)25-22(28-18(3)4)16-32(30-25)11-8-12-34-7/h13-19,23,27-28H,8-12H2,1-7H3,(H,29,31). The number of nitrogens with zero attached hydrogens (tertiary/aromatic N) is 5. The highest BCUT2D eigenvalue weighted by atomic mass is 16.5. The summed E-state index contributed by atoms with van der Waals surface area (Å²) < 4.78 is 14.5. The first-order valence-corrected chi connectivity index (χ1v) is 12.6. The smallest absolute Gasteiger partial charge is 0.169 e. The molecule has 0 saturated carbocycles. The van der Waals surface area contributed by atoms with E-state index in [1.165, 1.54) is 0 Å². The molecule has 0 spiro atoms. The van der Waals surface area contributed by atoms with Gasteiger partial charge in [-0.3, -0.25) is 9.36 Å². The summed E-state index contributed by atoms with van der Waals surface area (Å²) in [4.78, 5) is 0. The molecule has 0 radical (unpaired) electrons. The molecule has 3 rings (SSSR count). The zero-order valence-corrected chi connectivity index (χ0v) is 22.2. The van der Waals surface area contributed by atoms with Gasteiger partial charge in [0.25, 0.3) is 0 Å². The second kappa shape index (κ2) is 12.6. The molecule has 3 heterocycles. The van der Waals surface area contributed by atoms with Crippen LogP contribution in [0.25, 0.3) is 0 Å². The highest BCUT2D eigenvalue weighted by Gasteiger charge is 2.24. The Morgan fingerprint density at radius 3 is 2.46 bits per heavy atom. The maximum absolute atomic E-state index is 5.23. The molecule has 0 fully saturated rings. The largest absolute Gasteiger partial charge is 0.385 e. The molecule has 0 aliphatic carbocycles. The van der Waals surface area contributed by atoms with E-state index in [-0.39, 0.29) is 18.1 Å². The van der Waals surface area contributed by atoms with Gasteiger partial charge in [0.05, 0.1) is 23.6 Å². The van der Waals surface area contributed by atoms with Crippen molar-refractivity contribution in [3.05, 3.63) is 36.1 Å². The summed E-state index contributed by atoms with van der Waals surface area (Å²) in [6, 6.07) is 2.72. The van der Waals surface area contributed by atoms with Crippen LogP contribution in [0.1, 0.15) is 71.4 Å². The zero-order valence-electron chi connectivity index (χ0n) is 22.2. The normalized spacial score (nSPS) is 13.4. The van der Waals surface area contributed by atoms with Crippen molar-refractivity contribution < 1.29 is 9.26 Å². The molecule has 0 aliphatic heterocycles. The lowest BCUT2D eigenvalue weighted by atomic mass is 10.0. The first-order valence-electron chi connectivity index (χ1n) is 12.6. The first-order chi connectivity index (χ1) is 16.7. The highest BCUT2D eigenvalue weighted by Crippen LogP contribution is 2.31. The van der Waals surface area contributed by atoms with E-state index >= 15 is 0 Å². The molecule has 2 atom stereocenters. The van der Waals surface area contributed by atoms with Gasteiger partial charge < -0.3 is 25.2 Å². The maximum atomic E-state index is 5.23. The average molecular weight is 487 g/mol. The van der Waals surface area contributed by atoms with Crippen LogP contribution in [0.15, 0.2) is 29.2 Å². The van der Waals surface area contributed by atoms with E-state index < -0.39 is 0 Å². The molecule has 0 saturated heterocycles. The summed E-state index contributed by atoms with van der Waals surface area (Å²) in [6.07, 6.45) is 8.74. The minimum absolute atomic E-state index is 0.0223. The Balaban J connectivity index is 1.85. The Hall–Kier alpha value is -3.01. The molecule has 3 aromatic heterocycles. The summed E-state index contributed by atoms with van der Waals surface area (Å²) in [7, 11) is 1.73. The van der Waals surface area contributed by atoms with Crippen LogP contribution in [0.4, 0.5) is 17.2 Å². The zero-order chi connectivity index (χ0) is 25.4. The van der Waals surface area contributed by atoms with Crippen molar-refractivity contribution in [2.75, 3.05) is 29.7 Å². The molecule has 10 nitrogen and oxygen atoms in total. The quantitative estimate of drug-likeness (QED) is 0.260. The molecule has 10 heteroatoms. The van der Waals surface area contributed by atoms with Crippen molar-refractivity contribution in [2.24, 2.45) is 0 Å². The van der Waals surface area contributed by atoms with E-state index in [9.17, 15) is 0 Å². The summed E-state index contributed by atoms with van der Waals surface area (Å²) in [5.74, 6) is 1.56. The third kappa shape index (κ3) is 8.02. The van der Waals surface area contributed by atoms with Gasteiger partial charge in [0.15, 0.2) is 5.82 Å². The Kier molecular flexibility index (Phi) is 9.59. The predicted octanol–water partition coefficient (Wildman–Crippen LogP) is 4.92. The van der Waals surface area contributed by atoms with Gasteiger partial charge in [-0.15, -0.1) is 0 Å². The fraction of sp³-hybridized carbons (Fsp3) is 0.640. The number of aromatic nitrogens is 5. The second-order valence-electron chi connectivity index (χ2n) is 9.81. The molecule has 0 amide bonds. The molecule has 2 unspecified atom stereocenters. The van der Waals surface area contributed by atoms with Crippen molar-refractivity contribution in [1.82, 2.24) is 24.7 Å². The molecule has 194 valence electrons. The number of hydrogen-bond acceptors (Lipinski definition) is 8. The van der Waals surface area contributed by atoms with Gasteiger partial charge in [-0.1, -0.05) is 5.16 Å². The number of methoxy groups -OCH3 is 1. The van der Waals surface area contributed by atoms with E-state index in [0.29, 0.717) is 12.6 Å². The van der Waals surface area contributed by atoms with E-state index in [1.807, 2.05) is 28.6 Å². The van der Waals surface area contributed by atoms with Gasteiger partial charge in [-0.05, 0) is 60.8 Å². The number of ether oxygens (including phenoxy) is 1. The summed E-state index contributed by atoms with van der Waals surface area (Å²) in [6.45, 7) is 14.1. The number of aryl methyl sites for hydroxylation is 2. The van der Waals surface area contributed by atoms with Crippen molar-refractivity contribution in [3.63, 3.8) is 0 Å². The minimum atomic E-state index is -0.0223. The topological polar surface area (TPSA) is 107 Å². The third-order valence-corrected chi connectivity index (χ3v) is 5.56. The number of anilines is 3. The minimum Gasteiger partial charge on any atom is -0.385 e. The number of nitrogens with one attached hydrogen (secondary N) is 3. The summed E-state index contributed by atoms with van der Waals surface area (Å²) in [5.41, 5.74) is 3.05. The Bertz CT molecular complexity index is 1020. The Labute approximate surface area is 208 Å². The molecule has 0 aliphatic rings. The van der Waals surface area contributed by atoms with Crippen LogP contribution in [-0.2, 0) is 11.3 Å². The molecular weight excluding hydrogens is 444 g/mol. The van der Waals surface area contributed by atoms with Gasteiger partial charge in [-0.2, -0.15) is 10.2 Å². The molecular formula is C25H42N8O2. The molecule has 3 N–H and O–H groups in total. The predicted molar refractivity (Wildman–Crippen MR) is 140 cm³/mol. The van der Waals surface area contributed by atoms with E-state index in [2.05, 4.69) is 68.1 Å². The molecule has 35 heavy (non-hydrogen) atoms. The lowest BCUT2D eigenvalue weighted by molar-refractivity contribution is 0.189. The van der Waals surface area contributed by atoms with Gasteiger partial charge >= 0.3 is 0 Å². The van der Waals surface area contributed by atoms with Crippen LogP contribution >= 0.6 is 0 Å². The Morgan fingerprint density at radius 1 is 1.03 bits per heavy atom. The van der Waals surface area contributed by atoms with Crippen molar-refractivity contribution in [1.29, 1.82) is 0 Å².